The maximum atomic E-state index is 12.7. The molecule has 4 rings (SSSR count). The second kappa shape index (κ2) is 8.66. The minimum atomic E-state index is -0.111. The van der Waals surface area contributed by atoms with E-state index in [-0.39, 0.29) is 24.3 Å². The summed E-state index contributed by atoms with van der Waals surface area (Å²) in [5.41, 5.74) is 2.24. The molecule has 2 aromatic carbocycles. The maximum absolute atomic E-state index is 12.7. The van der Waals surface area contributed by atoms with Gasteiger partial charge >= 0.3 is 0 Å². The molecule has 0 bridgehead atoms. The molecule has 1 amide bonds. The monoisotopic (exact) mass is 394 g/mol. The fraction of sp³-hybridized carbons (Fsp3) is 0.391. The molecule has 0 spiro atoms. The van der Waals surface area contributed by atoms with E-state index in [1.54, 1.807) is 18.2 Å². The molecule has 0 aliphatic carbocycles. The van der Waals surface area contributed by atoms with E-state index >= 15 is 0 Å². The summed E-state index contributed by atoms with van der Waals surface area (Å²) in [4.78, 5) is 26.7. The minimum Gasteiger partial charge on any atom is -0.490 e. The Hall–Kier alpha value is -2.86. The molecule has 2 aliphatic rings. The normalized spacial score (nSPS) is 18.9. The number of Topliss-reactive ketones (excluding diaryl/α,β-unsaturated/α-hetero) is 1. The number of anilines is 1. The first-order chi connectivity index (χ1) is 14.1. The van der Waals surface area contributed by atoms with Crippen LogP contribution >= 0.6 is 0 Å². The third-order valence-corrected chi connectivity index (χ3v) is 5.45. The Morgan fingerprint density at radius 1 is 1.07 bits per heavy atom. The number of hydrogen-bond acceptors (Lipinski definition) is 5. The number of carbonyl (C=O) groups excluding carboxylic acids is 2. The Labute approximate surface area is 170 Å². The van der Waals surface area contributed by atoms with E-state index in [0.717, 1.165) is 42.9 Å². The van der Waals surface area contributed by atoms with Gasteiger partial charge in [0.1, 0.15) is 0 Å². The SMILES string of the molecule is CC(=O)c1ccccc1NC(=O)CN1CCC[C@@H]1c1ccc2c(c1)OCCCO2. The van der Waals surface area contributed by atoms with Crippen LogP contribution in [-0.4, -0.2) is 42.9 Å². The number of carbonyl (C=O) groups is 2. The Morgan fingerprint density at radius 3 is 2.69 bits per heavy atom. The van der Waals surface area contributed by atoms with Crippen molar-refractivity contribution in [1.82, 2.24) is 4.90 Å². The lowest BCUT2D eigenvalue weighted by Gasteiger charge is -2.25. The van der Waals surface area contributed by atoms with Crippen molar-refractivity contribution in [2.75, 3.05) is 31.6 Å². The van der Waals surface area contributed by atoms with Gasteiger partial charge in [0, 0.05) is 18.0 Å². The second-order valence-corrected chi connectivity index (χ2v) is 7.54. The number of benzene rings is 2. The number of fused-ring (bicyclic) bond motifs is 1. The number of likely N-dealkylation sites (tertiary alicyclic amines) is 1. The number of ketones is 1. The fourth-order valence-corrected chi connectivity index (χ4v) is 4.05. The van der Waals surface area contributed by atoms with Gasteiger partial charge in [-0.15, -0.1) is 0 Å². The van der Waals surface area contributed by atoms with Crippen LogP contribution < -0.4 is 14.8 Å². The first kappa shape index (κ1) is 19.5. The molecule has 0 saturated carbocycles. The first-order valence-corrected chi connectivity index (χ1v) is 10.2. The van der Waals surface area contributed by atoms with Crippen molar-refractivity contribution >= 4 is 17.4 Å². The van der Waals surface area contributed by atoms with Crippen LogP contribution in [0.25, 0.3) is 0 Å². The van der Waals surface area contributed by atoms with Crippen LogP contribution in [0.3, 0.4) is 0 Å². The molecule has 1 atom stereocenters. The average Bonchev–Trinajstić information content (AvgIpc) is 3.03. The van der Waals surface area contributed by atoms with Gasteiger partial charge < -0.3 is 14.8 Å². The Bertz CT molecular complexity index is 912. The molecule has 1 fully saturated rings. The molecule has 1 N–H and O–H groups in total. The summed E-state index contributed by atoms with van der Waals surface area (Å²) >= 11 is 0. The molecule has 2 aliphatic heterocycles. The lowest BCUT2D eigenvalue weighted by molar-refractivity contribution is -0.117. The van der Waals surface area contributed by atoms with Crippen molar-refractivity contribution in [2.24, 2.45) is 0 Å². The van der Waals surface area contributed by atoms with Gasteiger partial charge in [-0.3, -0.25) is 14.5 Å². The smallest absolute Gasteiger partial charge is 0.238 e. The van der Waals surface area contributed by atoms with Gasteiger partial charge in [0.2, 0.25) is 5.91 Å². The van der Waals surface area contributed by atoms with Crippen LogP contribution in [0.4, 0.5) is 5.69 Å². The minimum absolute atomic E-state index is 0.0628. The molecule has 29 heavy (non-hydrogen) atoms. The molecule has 2 heterocycles. The summed E-state index contributed by atoms with van der Waals surface area (Å²) in [7, 11) is 0. The third-order valence-electron chi connectivity index (χ3n) is 5.45. The lowest BCUT2D eigenvalue weighted by atomic mass is 10.0. The zero-order chi connectivity index (χ0) is 20.2. The largest absolute Gasteiger partial charge is 0.490 e. The van der Waals surface area contributed by atoms with Crippen molar-refractivity contribution in [1.29, 1.82) is 0 Å². The molecule has 6 heteroatoms. The molecular formula is C23H26N2O4. The predicted molar refractivity (Wildman–Crippen MR) is 111 cm³/mol. The van der Waals surface area contributed by atoms with Crippen LogP contribution in [-0.2, 0) is 4.79 Å². The lowest BCUT2D eigenvalue weighted by Crippen LogP contribution is -2.33. The van der Waals surface area contributed by atoms with Crippen molar-refractivity contribution in [2.45, 2.75) is 32.2 Å². The van der Waals surface area contributed by atoms with Crippen molar-refractivity contribution < 1.29 is 19.1 Å². The highest BCUT2D eigenvalue weighted by molar-refractivity contribution is 6.04. The van der Waals surface area contributed by atoms with Crippen LogP contribution in [0.2, 0.25) is 0 Å². The molecule has 0 radical (unpaired) electrons. The number of nitrogens with one attached hydrogen (secondary N) is 1. The molecule has 0 unspecified atom stereocenters. The van der Waals surface area contributed by atoms with Crippen LogP contribution in [0.5, 0.6) is 11.5 Å². The number of para-hydroxylation sites is 1. The molecule has 2 aromatic rings. The summed E-state index contributed by atoms with van der Waals surface area (Å²) in [6.07, 6.45) is 2.91. The number of nitrogens with zero attached hydrogens (tertiary/aromatic N) is 1. The Morgan fingerprint density at radius 2 is 1.86 bits per heavy atom. The highest BCUT2D eigenvalue weighted by Crippen LogP contribution is 2.37. The van der Waals surface area contributed by atoms with Gasteiger partial charge in [-0.25, -0.2) is 0 Å². The Balaban J connectivity index is 1.46. The highest BCUT2D eigenvalue weighted by atomic mass is 16.5. The summed E-state index contributed by atoms with van der Waals surface area (Å²) in [6.45, 7) is 3.98. The van der Waals surface area contributed by atoms with Crippen LogP contribution in [0.15, 0.2) is 42.5 Å². The van der Waals surface area contributed by atoms with E-state index in [9.17, 15) is 9.59 Å². The maximum Gasteiger partial charge on any atom is 0.238 e. The van der Waals surface area contributed by atoms with E-state index in [1.807, 2.05) is 18.2 Å². The quantitative estimate of drug-likeness (QED) is 0.781. The zero-order valence-electron chi connectivity index (χ0n) is 16.6. The number of ether oxygens (including phenoxy) is 2. The topological polar surface area (TPSA) is 67.9 Å². The molecule has 0 aromatic heterocycles. The number of amides is 1. The van der Waals surface area contributed by atoms with Crippen LogP contribution in [0, 0.1) is 0 Å². The molecule has 1 saturated heterocycles. The van der Waals surface area contributed by atoms with E-state index in [4.69, 9.17) is 9.47 Å². The number of rotatable bonds is 5. The van der Waals surface area contributed by atoms with E-state index in [1.165, 1.54) is 6.92 Å². The fourth-order valence-electron chi connectivity index (χ4n) is 4.05. The zero-order valence-corrected chi connectivity index (χ0v) is 16.6. The molecular weight excluding hydrogens is 368 g/mol. The summed E-state index contributed by atoms with van der Waals surface area (Å²) in [5.74, 6) is 1.40. The van der Waals surface area contributed by atoms with Gasteiger partial charge in [0.25, 0.3) is 0 Å². The van der Waals surface area contributed by atoms with Gasteiger partial charge in [-0.05, 0) is 56.1 Å². The van der Waals surface area contributed by atoms with E-state index in [2.05, 4.69) is 16.3 Å². The average molecular weight is 394 g/mol. The summed E-state index contributed by atoms with van der Waals surface area (Å²) < 4.78 is 11.5. The van der Waals surface area contributed by atoms with Gasteiger partial charge in [-0.1, -0.05) is 18.2 Å². The van der Waals surface area contributed by atoms with Crippen LogP contribution in [0.1, 0.15) is 48.1 Å². The third kappa shape index (κ3) is 4.43. The predicted octanol–water partition coefficient (Wildman–Crippen LogP) is 3.83. The van der Waals surface area contributed by atoms with Crippen molar-refractivity contribution in [3.63, 3.8) is 0 Å². The standard InChI is InChI=1S/C23H26N2O4/c1-16(26)18-6-2-3-7-19(18)24-23(27)15-25-11-4-8-20(25)17-9-10-21-22(14-17)29-13-5-12-28-21/h2-3,6-7,9-10,14,20H,4-5,8,11-13,15H2,1H3,(H,24,27)/t20-/m1/s1. The summed E-state index contributed by atoms with van der Waals surface area (Å²) in [6, 6.07) is 13.4. The van der Waals surface area contributed by atoms with Crippen molar-refractivity contribution in [3.8, 4) is 11.5 Å². The summed E-state index contributed by atoms with van der Waals surface area (Å²) in [5, 5.41) is 2.90. The molecule has 152 valence electrons. The Kier molecular flexibility index (Phi) is 5.81. The van der Waals surface area contributed by atoms with Crippen molar-refractivity contribution in [3.05, 3.63) is 53.6 Å². The van der Waals surface area contributed by atoms with E-state index < -0.39 is 0 Å². The molecule has 6 nitrogen and oxygen atoms in total. The van der Waals surface area contributed by atoms with Gasteiger partial charge in [0.15, 0.2) is 17.3 Å². The number of hydrogen-bond donors (Lipinski definition) is 1. The van der Waals surface area contributed by atoms with Gasteiger partial charge in [-0.2, -0.15) is 0 Å². The van der Waals surface area contributed by atoms with E-state index in [0.29, 0.717) is 24.5 Å². The first-order valence-electron chi connectivity index (χ1n) is 10.2. The highest BCUT2D eigenvalue weighted by Gasteiger charge is 2.29. The second-order valence-electron chi connectivity index (χ2n) is 7.54. The van der Waals surface area contributed by atoms with Gasteiger partial charge in [0.05, 0.1) is 25.4 Å².